The van der Waals surface area contributed by atoms with E-state index in [0.29, 0.717) is 0 Å². The van der Waals surface area contributed by atoms with Crippen LogP contribution in [0.1, 0.15) is 33.7 Å². The Labute approximate surface area is 104 Å². The van der Waals surface area contributed by atoms with Crippen LogP contribution in [0.25, 0.3) is 10.6 Å². The Kier molecular flexibility index (Phi) is 2.87. The van der Waals surface area contributed by atoms with Crippen molar-refractivity contribution in [2.75, 3.05) is 0 Å². The molecule has 0 spiro atoms. The topological polar surface area (TPSA) is 47.8 Å². The number of thiazole rings is 1. The minimum absolute atomic E-state index is 0.0745. The summed E-state index contributed by atoms with van der Waals surface area (Å²) in [7, 11) is 1.91. The Balaban J connectivity index is 2.61. The second-order valence-corrected chi connectivity index (χ2v) is 5.16. The van der Waals surface area contributed by atoms with Gasteiger partial charge in [0.05, 0.1) is 21.8 Å². The lowest BCUT2D eigenvalue weighted by atomic mass is 10.2. The van der Waals surface area contributed by atoms with Crippen LogP contribution >= 0.6 is 11.3 Å². The molecule has 0 aliphatic carbocycles. The van der Waals surface area contributed by atoms with E-state index >= 15 is 0 Å². The summed E-state index contributed by atoms with van der Waals surface area (Å²) in [5.41, 5.74) is 3.88. The number of carbonyl (C=O) groups is 1. The van der Waals surface area contributed by atoms with E-state index in [1.807, 2.05) is 32.5 Å². The van der Waals surface area contributed by atoms with Crippen LogP contribution in [0.15, 0.2) is 0 Å². The molecule has 0 radical (unpaired) electrons. The molecule has 17 heavy (non-hydrogen) atoms. The van der Waals surface area contributed by atoms with Gasteiger partial charge in [-0.3, -0.25) is 9.48 Å². The highest BCUT2D eigenvalue weighted by atomic mass is 32.1. The summed E-state index contributed by atoms with van der Waals surface area (Å²) in [6.45, 7) is 7.43. The fourth-order valence-electron chi connectivity index (χ4n) is 1.91. The highest BCUT2D eigenvalue weighted by Gasteiger charge is 2.18. The molecule has 5 heteroatoms. The first-order chi connectivity index (χ1) is 7.91. The monoisotopic (exact) mass is 249 g/mol. The maximum absolute atomic E-state index is 11.4. The maximum Gasteiger partial charge on any atom is 0.171 e. The van der Waals surface area contributed by atoms with Gasteiger partial charge < -0.3 is 0 Å². The third-order valence-corrected chi connectivity index (χ3v) is 4.11. The zero-order valence-electron chi connectivity index (χ0n) is 10.7. The second kappa shape index (κ2) is 4.07. The molecule has 0 fully saturated rings. The number of hydrogen-bond donors (Lipinski definition) is 0. The molecule has 0 N–H and O–H groups in total. The van der Waals surface area contributed by atoms with Gasteiger partial charge in [-0.1, -0.05) is 0 Å². The van der Waals surface area contributed by atoms with Crippen molar-refractivity contribution in [3.63, 3.8) is 0 Å². The fraction of sp³-hybridized carbons (Fsp3) is 0.417. The van der Waals surface area contributed by atoms with Gasteiger partial charge in [-0.25, -0.2) is 4.98 Å². The largest absolute Gasteiger partial charge is 0.294 e. The summed E-state index contributed by atoms with van der Waals surface area (Å²) in [6, 6.07) is 0. The molecule has 4 nitrogen and oxygen atoms in total. The second-order valence-electron chi connectivity index (χ2n) is 4.16. The van der Waals surface area contributed by atoms with Gasteiger partial charge >= 0.3 is 0 Å². The summed E-state index contributed by atoms with van der Waals surface area (Å²) < 4.78 is 1.84. The van der Waals surface area contributed by atoms with Crippen molar-refractivity contribution in [3.05, 3.63) is 22.0 Å². The lowest BCUT2D eigenvalue weighted by Crippen LogP contribution is -1.92. The lowest BCUT2D eigenvalue weighted by Gasteiger charge is -1.96. The summed E-state index contributed by atoms with van der Waals surface area (Å²) in [5.74, 6) is 0.0745. The van der Waals surface area contributed by atoms with E-state index in [1.165, 1.54) is 11.3 Å². The number of hydrogen-bond acceptors (Lipinski definition) is 4. The van der Waals surface area contributed by atoms with E-state index in [4.69, 9.17) is 0 Å². The number of aromatic nitrogens is 3. The molecule has 0 saturated carbocycles. The van der Waals surface area contributed by atoms with Gasteiger partial charge in [0.1, 0.15) is 5.01 Å². The van der Waals surface area contributed by atoms with Crippen LogP contribution in [0.3, 0.4) is 0 Å². The number of ketones is 1. The molecule has 0 aliphatic rings. The molecule has 0 aliphatic heterocycles. The van der Waals surface area contributed by atoms with E-state index in [0.717, 1.165) is 32.5 Å². The van der Waals surface area contributed by atoms with Crippen LogP contribution < -0.4 is 0 Å². The third-order valence-electron chi connectivity index (χ3n) is 2.84. The van der Waals surface area contributed by atoms with Gasteiger partial charge in [0.15, 0.2) is 5.78 Å². The average molecular weight is 249 g/mol. The first kappa shape index (κ1) is 12.0. The van der Waals surface area contributed by atoms with Crippen molar-refractivity contribution in [2.45, 2.75) is 27.7 Å². The molecule has 0 bridgehead atoms. The molecule has 2 aromatic rings. The van der Waals surface area contributed by atoms with E-state index in [1.54, 1.807) is 6.92 Å². The number of nitrogens with zero attached hydrogens (tertiary/aromatic N) is 3. The quantitative estimate of drug-likeness (QED) is 0.769. The van der Waals surface area contributed by atoms with Gasteiger partial charge in [0.25, 0.3) is 0 Å². The molecule has 2 rings (SSSR count). The van der Waals surface area contributed by atoms with Gasteiger partial charge in [0, 0.05) is 19.7 Å². The first-order valence-corrected chi connectivity index (χ1v) is 6.22. The van der Waals surface area contributed by atoms with E-state index in [9.17, 15) is 4.79 Å². The Morgan fingerprint density at radius 3 is 2.29 bits per heavy atom. The van der Waals surface area contributed by atoms with Crippen molar-refractivity contribution in [2.24, 2.45) is 7.05 Å². The van der Waals surface area contributed by atoms with Crippen molar-refractivity contribution < 1.29 is 4.79 Å². The molecule has 2 aromatic heterocycles. The first-order valence-electron chi connectivity index (χ1n) is 5.40. The molecule has 2 heterocycles. The normalized spacial score (nSPS) is 10.9. The Morgan fingerprint density at radius 1 is 1.24 bits per heavy atom. The predicted molar refractivity (Wildman–Crippen MR) is 68.5 cm³/mol. The summed E-state index contributed by atoms with van der Waals surface area (Å²) in [6.07, 6.45) is 0. The van der Waals surface area contributed by atoms with Crippen LogP contribution in [0.4, 0.5) is 0 Å². The summed E-state index contributed by atoms with van der Waals surface area (Å²) in [4.78, 5) is 16.7. The molecular weight excluding hydrogens is 234 g/mol. The van der Waals surface area contributed by atoms with E-state index in [-0.39, 0.29) is 5.78 Å². The highest BCUT2D eigenvalue weighted by Crippen LogP contribution is 2.32. The van der Waals surface area contributed by atoms with Gasteiger partial charge in [-0.2, -0.15) is 5.10 Å². The minimum Gasteiger partial charge on any atom is -0.294 e. The lowest BCUT2D eigenvalue weighted by molar-refractivity contribution is 0.102. The van der Waals surface area contributed by atoms with Crippen molar-refractivity contribution in [3.8, 4) is 10.6 Å². The summed E-state index contributed by atoms with van der Waals surface area (Å²) in [5, 5.41) is 5.25. The molecule has 0 aromatic carbocycles. The zero-order valence-corrected chi connectivity index (χ0v) is 11.5. The van der Waals surface area contributed by atoms with Crippen LogP contribution in [0.5, 0.6) is 0 Å². The van der Waals surface area contributed by atoms with Crippen molar-refractivity contribution in [1.29, 1.82) is 0 Å². The fourth-order valence-corrected chi connectivity index (χ4v) is 3.02. The smallest absolute Gasteiger partial charge is 0.171 e. The Hall–Kier alpha value is -1.49. The number of carbonyl (C=O) groups excluding carboxylic acids is 1. The van der Waals surface area contributed by atoms with Crippen LogP contribution in [0.2, 0.25) is 0 Å². The van der Waals surface area contributed by atoms with E-state index < -0.39 is 0 Å². The van der Waals surface area contributed by atoms with Crippen molar-refractivity contribution in [1.82, 2.24) is 14.8 Å². The standard InChI is InChI=1S/C12H15N3OS/c1-6-10(8(3)15(5)14-6)12-13-7(2)11(17-12)9(4)16/h1-5H3. The van der Waals surface area contributed by atoms with Crippen LogP contribution in [0, 0.1) is 20.8 Å². The average Bonchev–Trinajstić information content (AvgIpc) is 2.70. The van der Waals surface area contributed by atoms with E-state index in [2.05, 4.69) is 10.1 Å². The third kappa shape index (κ3) is 1.91. The molecule has 90 valence electrons. The number of aryl methyl sites for hydroxylation is 3. The molecular formula is C12H15N3OS. The highest BCUT2D eigenvalue weighted by molar-refractivity contribution is 7.17. The molecule has 0 unspecified atom stereocenters. The van der Waals surface area contributed by atoms with Crippen molar-refractivity contribution >= 4 is 17.1 Å². The maximum atomic E-state index is 11.4. The minimum atomic E-state index is 0.0745. The number of Topliss-reactive ketones (excluding diaryl/α,β-unsaturated/α-hetero) is 1. The zero-order chi connectivity index (χ0) is 12.7. The summed E-state index contributed by atoms with van der Waals surface area (Å²) >= 11 is 1.45. The molecule has 0 atom stereocenters. The van der Waals surface area contributed by atoms with Gasteiger partial charge in [0.2, 0.25) is 0 Å². The van der Waals surface area contributed by atoms with Crippen LogP contribution in [-0.4, -0.2) is 20.5 Å². The predicted octanol–water partition coefficient (Wildman–Crippen LogP) is 2.67. The molecule has 0 amide bonds. The van der Waals surface area contributed by atoms with Crippen LogP contribution in [-0.2, 0) is 7.05 Å². The SMILES string of the molecule is CC(=O)c1sc(-c2c(C)nn(C)c2C)nc1C. The van der Waals surface area contributed by atoms with Gasteiger partial charge in [-0.15, -0.1) is 11.3 Å². The Bertz CT molecular complexity index is 595. The van der Waals surface area contributed by atoms with Gasteiger partial charge in [-0.05, 0) is 20.8 Å². The number of rotatable bonds is 2. The molecule has 0 saturated heterocycles. The Morgan fingerprint density at radius 2 is 1.88 bits per heavy atom.